The van der Waals surface area contributed by atoms with Gasteiger partial charge in [-0.3, -0.25) is 4.79 Å². The number of rotatable bonds is 4. The van der Waals surface area contributed by atoms with Crippen molar-refractivity contribution in [3.63, 3.8) is 0 Å². The van der Waals surface area contributed by atoms with Crippen LogP contribution in [0.15, 0.2) is 48.5 Å². The Morgan fingerprint density at radius 2 is 2.05 bits per heavy atom. The first-order chi connectivity index (χ1) is 10.1. The Labute approximate surface area is 126 Å². The van der Waals surface area contributed by atoms with Crippen LogP contribution in [0.1, 0.15) is 28.3 Å². The lowest BCUT2D eigenvalue weighted by Gasteiger charge is -2.13. The second-order valence-corrected chi connectivity index (χ2v) is 5.89. The number of carbonyl (C=O) groups excluding carboxylic acids is 1. The van der Waals surface area contributed by atoms with Crippen molar-refractivity contribution in [2.75, 3.05) is 5.32 Å². The fourth-order valence-corrected chi connectivity index (χ4v) is 3.12. The Bertz CT molecular complexity index is 764. The van der Waals surface area contributed by atoms with Gasteiger partial charge >= 0.3 is 0 Å². The summed E-state index contributed by atoms with van der Waals surface area (Å²) in [6.07, 6.45) is 0. The van der Waals surface area contributed by atoms with Gasteiger partial charge in [-0.05, 0) is 37.3 Å². The third kappa shape index (κ3) is 2.87. The highest BCUT2D eigenvalue weighted by Crippen LogP contribution is 2.28. The molecule has 106 valence electrons. The first-order valence-electron chi connectivity index (χ1n) is 6.65. The van der Waals surface area contributed by atoms with Crippen LogP contribution >= 0.6 is 11.3 Å². The molecule has 0 fully saturated rings. The number of fused-ring (bicyclic) bond motifs is 1. The molecule has 0 saturated heterocycles. The minimum Gasteiger partial charge on any atom is -0.376 e. The van der Waals surface area contributed by atoms with Crippen LogP contribution in [0.25, 0.3) is 10.2 Å². The van der Waals surface area contributed by atoms with Crippen molar-refractivity contribution < 1.29 is 4.79 Å². The van der Waals surface area contributed by atoms with Crippen LogP contribution in [0.4, 0.5) is 5.69 Å². The molecule has 0 saturated carbocycles. The fraction of sp³-hybridized carbons (Fsp3) is 0.125. The van der Waals surface area contributed by atoms with Crippen molar-refractivity contribution in [1.82, 2.24) is 4.98 Å². The van der Waals surface area contributed by atoms with Crippen molar-refractivity contribution in [2.45, 2.75) is 13.0 Å². The Kier molecular flexibility index (Phi) is 3.58. The number of nitrogens with two attached hydrogens (primary N) is 1. The number of nitrogens with zero attached hydrogens (tertiary/aromatic N) is 1. The minimum atomic E-state index is -0.425. The maximum atomic E-state index is 11.2. The van der Waals surface area contributed by atoms with Crippen LogP contribution in [-0.4, -0.2) is 10.9 Å². The molecule has 1 unspecified atom stereocenters. The van der Waals surface area contributed by atoms with Crippen LogP contribution in [0, 0.1) is 0 Å². The molecule has 0 radical (unpaired) electrons. The van der Waals surface area contributed by atoms with Gasteiger partial charge < -0.3 is 11.1 Å². The molecule has 3 rings (SSSR count). The van der Waals surface area contributed by atoms with Crippen molar-refractivity contribution >= 4 is 33.1 Å². The lowest BCUT2D eigenvalue weighted by molar-refractivity contribution is 0.100. The first kappa shape index (κ1) is 13.6. The second kappa shape index (κ2) is 5.54. The van der Waals surface area contributed by atoms with E-state index < -0.39 is 5.91 Å². The standard InChI is InChI=1S/C16H15N3OS/c1-10(16-19-13-7-2-3-8-14(13)21-16)18-12-6-4-5-11(9-12)15(17)20/h2-10,18H,1H3,(H2,17,20). The normalized spacial score (nSPS) is 12.2. The molecule has 21 heavy (non-hydrogen) atoms. The molecule has 1 heterocycles. The molecule has 4 nitrogen and oxygen atoms in total. The van der Waals surface area contributed by atoms with Gasteiger partial charge in [-0.2, -0.15) is 0 Å². The molecule has 2 aromatic carbocycles. The summed E-state index contributed by atoms with van der Waals surface area (Å²) in [6, 6.07) is 15.3. The molecule has 3 aromatic rings. The fourth-order valence-electron chi connectivity index (χ4n) is 2.15. The molecule has 0 spiro atoms. The largest absolute Gasteiger partial charge is 0.376 e. The topological polar surface area (TPSA) is 68.0 Å². The van der Waals surface area contributed by atoms with Crippen LogP contribution in [-0.2, 0) is 0 Å². The van der Waals surface area contributed by atoms with E-state index in [1.807, 2.05) is 30.3 Å². The third-order valence-corrected chi connectivity index (χ3v) is 4.43. The van der Waals surface area contributed by atoms with Crippen molar-refractivity contribution in [1.29, 1.82) is 0 Å². The molecule has 1 atom stereocenters. The van der Waals surface area contributed by atoms with Gasteiger partial charge in [0.05, 0.1) is 16.3 Å². The highest BCUT2D eigenvalue weighted by molar-refractivity contribution is 7.18. The molecule has 0 bridgehead atoms. The van der Waals surface area contributed by atoms with E-state index in [4.69, 9.17) is 5.73 Å². The average Bonchev–Trinajstić information content (AvgIpc) is 2.91. The summed E-state index contributed by atoms with van der Waals surface area (Å²) < 4.78 is 1.17. The zero-order valence-electron chi connectivity index (χ0n) is 11.5. The van der Waals surface area contributed by atoms with Crippen molar-refractivity contribution in [2.24, 2.45) is 5.73 Å². The Balaban J connectivity index is 1.84. The van der Waals surface area contributed by atoms with E-state index in [-0.39, 0.29) is 6.04 Å². The van der Waals surface area contributed by atoms with Crippen molar-refractivity contribution in [3.8, 4) is 0 Å². The Morgan fingerprint density at radius 1 is 1.24 bits per heavy atom. The number of amides is 1. The predicted molar refractivity (Wildman–Crippen MR) is 86.6 cm³/mol. The van der Waals surface area contributed by atoms with Gasteiger partial charge in [-0.1, -0.05) is 18.2 Å². The third-order valence-electron chi connectivity index (χ3n) is 3.21. The monoisotopic (exact) mass is 297 g/mol. The van der Waals surface area contributed by atoms with E-state index in [2.05, 4.69) is 23.3 Å². The van der Waals surface area contributed by atoms with E-state index in [0.717, 1.165) is 16.2 Å². The summed E-state index contributed by atoms with van der Waals surface area (Å²) in [7, 11) is 0. The molecule has 1 aromatic heterocycles. The number of hydrogen-bond acceptors (Lipinski definition) is 4. The predicted octanol–water partition coefficient (Wildman–Crippen LogP) is 3.57. The zero-order valence-corrected chi connectivity index (χ0v) is 12.4. The minimum absolute atomic E-state index is 0.0607. The van der Waals surface area contributed by atoms with Gasteiger partial charge in [0.1, 0.15) is 5.01 Å². The molecule has 0 aliphatic heterocycles. The maximum absolute atomic E-state index is 11.2. The summed E-state index contributed by atoms with van der Waals surface area (Å²) in [5.74, 6) is -0.425. The van der Waals surface area contributed by atoms with Crippen molar-refractivity contribution in [3.05, 3.63) is 59.1 Å². The summed E-state index contributed by atoms with van der Waals surface area (Å²) >= 11 is 1.67. The van der Waals surface area contributed by atoms with Gasteiger partial charge in [0.2, 0.25) is 5.91 Å². The molecule has 0 aliphatic carbocycles. The summed E-state index contributed by atoms with van der Waals surface area (Å²) in [4.78, 5) is 15.8. The number of para-hydroxylation sites is 1. The zero-order chi connectivity index (χ0) is 14.8. The number of thiazole rings is 1. The maximum Gasteiger partial charge on any atom is 0.248 e. The van der Waals surface area contributed by atoms with Gasteiger partial charge in [0, 0.05) is 11.3 Å². The number of aromatic nitrogens is 1. The molecular weight excluding hydrogens is 282 g/mol. The number of hydrogen-bond donors (Lipinski definition) is 2. The molecule has 0 aliphatic rings. The average molecular weight is 297 g/mol. The molecular formula is C16H15N3OS. The van der Waals surface area contributed by atoms with Crippen LogP contribution < -0.4 is 11.1 Å². The summed E-state index contributed by atoms with van der Waals surface area (Å²) in [5.41, 5.74) is 7.67. The van der Waals surface area contributed by atoms with Gasteiger partial charge in [-0.25, -0.2) is 4.98 Å². The number of primary amides is 1. The summed E-state index contributed by atoms with van der Waals surface area (Å²) in [5, 5.41) is 4.37. The first-order valence-corrected chi connectivity index (χ1v) is 7.47. The van der Waals surface area contributed by atoms with Gasteiger partial charge in [-0.15, -0.1) is 11.3 Å². The van der Waals surface area contributed by atoms with Gasteiger partial charge in [0.25, 0.3) is 0 Å². The van der Waals surface area contributed by atoms with E-state index in [1.165, 1.54) is 4.70 Å². The SMILES string of the molecule is CC(Nc1cccc(C(N)=O)c1)c1nc2ccccc2s1. The highest BCUT2D eigenvalue weighted by Gasteiger charge is 2.11. The van der Waals surface area contributed by atoms with E-state index >= 15 is 0 Å². The van der Waals surface area contributed by atoms with Gasteiger partial charge in [0.15, 0.2) is 0 Å². The van der Waals surface area contributed by atoms with E-state index in [1.54, 1.807) is 23.5 Å². The van der Waals surface area contributed by atoms with Crippen LogP contribution in [0.2, 0.25) is 0 Å². The number of benzene rings is 2. The quantitative estimate of drug-likeness (QED) is 0.773. The Hall–Kier alpha value is -2.40. The number of nitrogens with one attached hydrogen (secondary N) is 1. The van der Waals surface area contributed by atoms with Crippen LogP contribution in [0.5, 0.6) is 0 Å². The van der Waals surface area contributed by atoms with E-state index in [0.29, 0.717) is 5.56 Å². The second-order valence-electron chi connectivity index (χ2n) is 4.83. The summed E-state index contributed by atoms with van der Waals surface area (Å²) in [6.45, 7) is 2.05. The number of anilines is 1. The molecule has 3 N–H and O–H groups in total. The van der Waals surface area contributed by atoms with Crippen LogP contribution in [0.3, 0.4) is 0 Å². The smallest absolute Gasteiger partial charge is 0.248 e. The molecule has 1 amide bonds. The van der Waals surface area contributed by atoms with E-state index in [9.17, 15) is 4.79 Å². The lowest BCUT2D eigenvalue weighted by atomic mass is 10.2. The highest BCUT2D eigenvalue weighted by atomic mass is 32.1. The molecule has 5 heteroatoms. The Morgan fingerprint density at radius 3 is 2.81 bits per heavy atom. The number of carbonyl (C=O) groups is 1. The lowest BCUT2D eigenvalue weighted by Crippen LogP contribution is -2.12.